The minimum Gasteiger partial charge on any atom is -0.372 e. The Labute approximate surface area is 170 Å². The summed E-state index contributed by atoms with van der Waals surface area (Å²) in [5, 5.41) is 0. The summed E-state index contributed by atoms with van der Waals surface area (Å²) in [6.45, 7) is 13.8. The lowest BCUT2D eigenvalue weighted by atomic mass is 9.78. The molecular weight excluding hydrogens is 354 g/mol. The van der Waals surface area contributed by atoms with Crippen LogP contribution in [0.2, 0.25) is 0 Å². The van der Waals surface area contributed by atoms with Crippen LogP contribution in [0.25, 0.3) is 0 Å². The van der Waals surface area contributed by atoms with Gasteiger partial charge in [0.05, 0.1) is 5.92 Å². The van der Waals surface area contributed by atoms with Gasteiger partial charge in [-0.1, -0.05) is 13.8 Å². The lowest BCUT2D eigenvalue weighted by Crippen LogP contribution is -2.56. The maximum Gasteiger partial charge on any atom is 0.248 e. The summed E-state index contributed by atoms with van der Waals surface area (Å²) in [5.74, 6) is 2.84. The summed E-state index contributed by atoms with van der Waals surface area (Å²) in [4.78, 5) is 31.3. The zero-order valence-corrected chi connectivity index (χ0v) is 18.1. The molecule has 0 aromatic rings. The fourth-order valence-corrected chi connectivity index (χ4v) is 5.14. The van der Waals surface area contributed by atoms with E-state index < -0.39 is 0 Å². The van der Waals surface area contributed by atoms with Gasteiger partial charge in [0.15, 0.2) is 0 Å². The molecule has 3 heterocycles. The minimum atomic E-state index is 0.132. The van der Waals surface area contributed by atoms with E-state index in [1.807, 2.05) is 11.8 Å². The summed E-state index contributed by atoms with van der Waals surface area (Å²) < 4.78 is 5.25. The molecule has 6 heteroatoms. The molecule has 3 aliphatic heterocycles. The number of carbonyl (C=O) groups excluding carboxylic acids is 2. The first-order valence-electron chi connectivity index (χ1n) is 11.3. The molecule has 0 atom stereocenters. The fraction of sp³-hybridized carbons (Fsp3) is 0.909. The average Bonchev–Trinajstić information content (AvgIpc) is 2.68. The highest BCUT2D eigenvalue weighted by atomic mass is 16.5. The van der Waals surface area contributed by atoms with Gasteiger partial charge in [0.2, 0.25) is 11.8 Å². The lowest BCUT2D eigenvalue weighted by molar-refractivity contribution is -0.143. The van der Waals surface area contributed by atoms with Gasteiger partial charge in [0, 0.05) is 52.4 Å². The standard InChI is InChI=1S/C22H39N3O3/c1-4-28-16-21(26)24-9-5-18(6-10-24)19-7-11-25(12-8-19)22(27)20-14-23(15-20)13-17(2)3/h17-20H,4-16H2,1-3H3. The summed E-state index contributed by atoms with van der Waals surface area (Å²) in [6, 6.07) is 0. The van der Waals surface area contributed by atoms with Crippen LogP contribution < -0.4 is 0 Å². The predicted molar refractivity (Wildman–Crippen MR) is 110 cm³/mol. The van der Waals surface area contributed by atoms with Crippen molar-refractivity contribution in [2.45, 2.75) is 46.5 Å². The van der Waals surface area contributed by atoms with Crippen molar-refractivity contribution in [1.29, 1.82) is 0 Å². The van der Waals surface area contributed by atoms with Crippen molar-refractivity contribution in [1.82, 2.24) is 14.7 Å². The summed E-state index contributed by atoms with van der Waals surface area (Å²) in [5.41, 5.74) is 0. The van der Waals surface area contributed by atoms with Crippen molar-refractivity contribution in [2.24, 2.45) is 23.7 Å². The number of hydrogen-bond acceptors (Lipinski definition) is 4. The van der Waals surface area contributed by atoms with E-state index in [4.69, 9.17) is 4.74 Å². The first-order chi connectivity index (χ1) is 13.5. The first kappa shape index (κ1) is 21.6. The van der Waals surface area contributed by atoms with Gasteiger partial charge in [-0.25, -0.2) is 0 Å². The molecule has 6 nitrogen and oxygen atoms in total. The molecule has 0 radical (unpaired) electrons. The Morgan fingerprint density at radius 2 is 1.46 bits per heavy atom. The molecule has 0 unspecified atom stereocenters. The molecule has 0 aliphatic carbocycles. The third-order valence-electron chi connectivity index (χ3n) is 6.77. The SMILES string of the molecule is CCOCC(=O)N1CCC(C2CCN(C(=O)C3CN(CC(C)C)C3)CC2)CC1. The smallest absolute Gasteiger partial charge is 0.248 e. The monoisotopic (exact) mass is 393 g/mol. The molecule has 0 aromatic heterocycles. The molecule has 3 fully saturated rings. The second kappa shape index (κ2) is 10.1. The average molecular weight is 394 g/mol. The van der Waals surface area contributed by atoms with E-state index in [1.54, 1.807) is 0 Å². The van der Waals surface area contributed by atoms with Crippen molar-refractivity contribution >= 4 is 11.8 Å². The van der Waals surface area contributed by atoms with Crippen LogP contribution in [0.15, 0.2) is 0 Å². The highest BCUT2D eigenvalue weighted by Gasteiger charge is 2.37. The molecule has 0 N–H and O–H groups in total. The Morgan fingerprint density at radius 3 is 1.96 bits per heavy atom. The van der Waals surface area contributed by atoms with E-state index in [0.717, 1.165) is 71.5 Å². The normalized spacial score (nSPS) is 23.3. The molecule has 0 saturated carbocycles. The van der Waals surface area contributed by atoms with E-state index in [-0.39, 0.29) is 18.4 Å². The Balaban J connectivity index is 1.35. The number of piperidine rings is 2. The van der Waals surface area contributed by atoms with Crippen LogP contribution in [0.5, 0.6) is 0 Å². The Hall–Kier alpha value is -1.14. The third kappa shape index (κ3) is 5.47. The molecule has 28 heavy (non-hydrogen) atoms. The van der Waals surface area contributed by atoms with E-state index >= 15 is 0 Å². The number of nitrogens with zero attached hydrogens (tertiary/aromatic N) is 3. The van der Waals surface area contributed by atoms with E-state index in [1.165, 1.54) is 0 Å². The molecule has 0 aromatic carbocycles. The van der Waals surface area contributed by atoms with Gasteiger partial charge in [-0.2, -0.15) is 0 Å². The second-order valence-electron chi connectivity index (χ2n) is 9.33. The maximum atomic E-state index is 12.7. The Morgan fingerprint density at radius 1 is 0.929 bits per heavy atom. The molecule has 3 saturated heterocycles. The van der Waals surface area contributed by atoms with Gasteiger partial charge in [-0.05, 0) is 50.4 Å². The molecule has 0 spiro atoms. The quantitative estimate of drug-likeness (QED) is 0.665. The molecule has 160 valence electrons. The van der Waals surface area contributed by atoms with Crippen molar-refractivity contribution in [3.63, 3.8) is 0 Å². The van der Waals surface area contributed by atoms with Crippen LogP contribution in [-0.2, 0) is 14.3 Å². The highest BCUT2D eigenvalue weighted by molar-refractivity contribution is 5.80. The minimum absolute atomic E-state index is 0.132. The van der Waals surface area contributed by atoms with Crippen molar-refractivity contribution < 1.29 is 14.3 Å². The summed E-state index contributed by atoms with van der Waals surface area (Å²) in [6.07, 6.45) is 4.46. The van der Waals surface area contributed by atoms with Crippen molar-refractivity contribution in [3.8, 4) is 0 Å². The van der Waals surface area contributed by atoms with Crippen LogP contribution >= 0.6 is 0 Å². The van der Waals surface area contributed by atoms with Crippen LogP contribution in [0.3, 0.4) is 0 Å². The second-order valence-corrected chi connectivity index (χ2v) is 9.33. The molecule has 3 aliphatic rings. The number of rotatable bonds is 7. The van der Waals surface area contributed by atoms with Gasteiger partial charge >= 0.3 is 0 Å². The van der Waals surface area contributed by atoms with E-state index in [2.05, 4.69) is 23.6 Å². The zero-order chi connectivity index (χ0) is 20.1. The van der Waals surface area contributed by atoms with Gasteiger partial charge in [0.1, 0.15) is 6.61 Å². The van der Waals surface area contributed by atoms with Gasteiger partial charge in [0.25, 0.3) is 0 Å². The Bertz CT molecular complexity index is 517. The number of likely N-dealkylation sites (tertiary alicyclic amines) is 3. The van der Waals surface area contributed by atoms with Crippen LogP contribution in [0.1, 0.15) is 46.5 Å². The lowest BCUT2D eigenvalue weighted by Gasteiger charge is -2.44. The van der Waals surface area contributed by atoms with Crippen molar-refractivity contribution in [2.75, 3.05) is 59.0 Å². The summed E-state index contributed by atoms with van der Waals surface area (Å²) >= 11 is 0. The zero-order valence-electron chi connectivity index (χ0n) is 18.1. The number of hydrogen-bond donors (Lipinski definition) is 0. The first-order valence-corrected chi connectivity index (χ1v) is 11.3. The van der Waals surface area contributed by atoms with E-state index in [9.17, 15) is 9.59 Å². The predicted octanol–water partition coefficient (Wildman–Crippen LogP) is 2.09. The highest BCUT2D eigenvalue weighted by Crippen LogP contribution is 2.33. The van der Waals surface area contributed by atoms with Gasteiger partial charge in [-0.15, -0.1) is 0 Å². The number of amides is 2. The van der Waals surface area contributed by atoms with E-state index in [0.29, 0.717) is 30.3 Å². The molecule has 2 amide bonds. The topological polar surface area (TPSA) is 53.1 Å². The molecule has 3 rings (SSSR count). The number of ether oxygens (including phenoxy) is 1. The Kier molecular flexibility index (Phi) is 7.75. The largest absolute Gasteiger partial charge is 0.372 e. The van der Waals surface area contributed by atoms with Gasteiger partial charge < -0.3 is 19.4 Å². The maximum absolute atomic E-state index is 12.7. The van der Waals surface area contributed by atoms with Gasteiger partial charge in [-0.3, -0.25) is 9.59 Å². The summed E-state index contributed by atoms with van der Waals surface area (Å²) in [7, 11) is 0. The number of carbonyl (C=O) groups is 2. The fourth-order valence-electron chi connectivity index (χ4n) is 5.14. The third-order valence-corrected chi connectivity index (χ3v) is 6.77. The van der Waals surface area contributed by atoms with Crippen LogP contribution in [0, 0.1) is 23.7 Å². The van der Waals surface area contributed by atoms with Crippen LogP contribution in [0.4, 0.5) is 0 Å². The molecule has 0 bridgehead atoms. The van der Waals surface area contributed by atoms with Crippen molar-refractivity contribution in [3.05, 3.63) is 0 Å². The molecular formula is C22H39N3O3. The van der Waals surface area contributed by atoms with Crippen LogP contribution in [-0.4, -0.2) is 85.5 Å².